The fourth-order valence-corrected chi connectivity index (χ4v) is 3.57. The normalized spacial score (nSPS) is 12.2. The summed E-state index contributed by atoms with van der Waals surface area (Å²) in [6.45, 7) is 10.6. The molecule has 5 nitrogen and oxygen atoms in total. The maximum absolute atomic E-state index is 13.4. The van der Waals surface area contributed by atoms with Crippen LogP contribution in [0.1, 0.15) is 64.6 Å². The molecular weight excluding hydrogens is 386 g/mol. The molecule has 2 aromatic rings. The topological polar surface area (TPSA) is 52.7 Å². The van der Waals surface area contributed by atoms with E-state index < -0.39 is 0 Å². The predicted octanol–water partition coefficient (Wildman–Crippen LogP) is 5.63. The third-order valence-electron chi connectivity index (χ3n) is 5.26. The van der Waals surface area contributed by atoms with E-state index in [4.69, 9.17) is 0 Å². The molecule has 1 N–H and O–H groups in total. The smallest absolute Gasteiger partial charge is 0.224 e. The standard InChI is InChI=1S/C26H37N3O2/c1-8-24(30)27-22-14-15-23(28(6)7)21(16-22)18-29(25(31)17-26(3,4)5)19(2)20-12-10-9-11-13-20/h9-16,19H,8,17-18H2,1-7H3,(H,27,30)/t19-/m1/s1. The molecule has 2 rings (SSSR count). The molecule has 2 aromatic carbocycles. The van der Waals surface area contributed by atoms with Gasteiger partial charge in [-0.15, -0.1) is 0 Å². The van der Waals surface area contributed by atoms with Gasteiger partial charge in [-0.2, -0.15) is 0 Å². The molecule has 0 bridgehead atoms. The van der Waals surface area contributed by atoms with Gasteiger partial charge in [0.25, 0.3) is 0 Å². The minimum absolute atomic E-state index is 0.0260. The van der Waals surface area contributed by atoms with Crippen LogP contribution in [0.5, 0.6) is 0 Å². The number of anilines is 2. The van der Waals surface area contributed by atoms with Crippen molar-refractivity contribution in [1.29, 1.82) is 0 Å². The second-order valence-corrected chi connectivity index (χ2v) is 9.49. The zero-order chi connectivity index (χ0) is 23.2. The number of hydrogen-bond acceptors (Lipinski definition) is 3. The van der Waals surface area contributed by atoms with Crippen LogP contribution < -0.4 is 10.2 Å². The van der Waals surface area contributed by atoms with E-state index in [1.54, 1.807) is 0 Å². The SMILES string of the molecule is CCC(=O)Nc1ccc(N(C)C)c(CN(C(=O)CC(C)(C)C)[C@H](C)c2ccccc2)c1. The zero-order valence-electron chi connectivity index (χ0n) is 20.0. The van der Waals surface area contributed by atoms with E-state index in [2.05, 4.69) is 45.1 Å². The summed E-state index contributed by atoms with van der Waals surface area (Å²) in [5.74, 6) is 0.0958. The molecule has 168 valence electrons. The molecule has 0 aliphatic rings. The van der Waals surface area contributed by atoms with Crippen molar-refractivity contribution in [2.45, 2.75) is 60.0 Å². The lowest BCUT2D eigenvalue weighted by Crippen LogP contribution is -2.35. The number of hydrogen-bond donors (Lipinski definition) is 1. The highest BCUT2D eigenvalue weighted by Gasteiger charge is 2.27. The van der Waals surface area contributed by atoms with Crippen molar-refractivity contribution in [2.75, 3.05) is 24.3 Å². The second kappa shape index (κ2) is 10.5. The molecule has 0 saturated heterocycles. The number of carbonyl (C=O) groups excluding carboxylic acids is 2. The molecule has 0 radical (unpaired) electrons. The average molecular weight is 424 g/mol. The lowest BCUT2D eigenvalue weighted by molar-refractivity contribution is -0.136. The summed E-state index contributed by atoms with van der Waals surface area (Å²) in [5.41, 5.74) is 3.79. The molecule has 0 saturated carbocycles. The summed E-state index contributed by atoms with van der Waals surface area (Å²) in [6, 6.07) is 15.9. The van der Waals surface area contributed by atoms with E-state index in [1.807, 2.05) is 67.2 Å². The maximum Gasteiger partial charge on any atom is 0.224 e. The van der Waals surface area contributed by atoms with Crippen molar-refractivity contribution < 1.29 is 9.59 Å². The van der Waals surface area contributed by atoms with Gasteiger partial charge in [-0.25, -0.2) is 0 Å². The second-order valence-electron chi connectivity index (χ2n) is 9.49. The molecule has 2 amide bonds. The Bertz CT molecular complexity index is 885. The van der Waals surface area contributed by atoms with Crippen LogP contribution >= 0.6 is 0 Å². The van der Waals surface area contributed by atoms with E-state index in [9.17, 15) is 9.59 Å². The third kappa shape index (κ3) is 7.12. The van der Waals surface area contributed by atoms with Crippen LogP contribution in [0.25, 0.3) is 0 Å². The van der Waals surface area contributed by atoms with Crippen molar-refractivity contribution in [1.82, 2.24) is 4.90 Å². The summed E-state index contributed by atoms with van der Waals surface area (Å²) < 4.78 is 0. The van der Waals surface area contributed by atoms with Crippen LogP contribution in [0, 0.1) is 5.41 Å². The van der Waals surface area contributed by atoms with Crippen LogP contribution in [0.3, 0.4) is 0 Å². The first-order chi connectivity index (χ1) is 14.5. The van der Waals surface area contributed by atoms with Gasteiger partial charge in [-0.3, -0.25) is 9.59 Å². The fraction of sp³-hybridized carbons (Fsp3) is 0.462. The van der Waals surface area contributed by atoms with Gasteiger partial charge in [0, 0.05) is 44.9 Å². The molecule has 0 aliphatic heterocycles. The van der Waals surface area contributed by atoms with Crippen molar-refractivity contribution in [3.05, 3.63) is 59.7 Å². The number of amides is 2. The minimum atomic E-state index is -0.104. The van der Waals surface area contributed by atoms with Gasteiger partial charge in [0.2, 0.25) is 11.8 Å². The van der Waals surface area contributed by atoms with Crippen LogP contribution in [0.15, 0.2) is 48.5 Å². The van der Waals surface area contributed by atoms with Crippen molar-refractivity contribution in [3.8, 4) is 0 Å². The Morgan fingerprint density at radius 1 is 1.03 bits per heavy atom. The number of benzene rings is 2. The summed E-state index contributed by atoms with van der Waals surface area (Å²) in [6.07, 6.45) is 0.889. The first-order valence-corrected chi connectivity index (χ1v) is 11.0. The molecular formula is C26H37N3O2. The van der Waals surface area contributed by atoms with Gasteiger partial charge < -0.3 is 15.1 Å². The molecule has 0 spiro atoms. The zero-order valence-corrected chi connectivity index (χ0v) is 20.0. The average Bonchev–Trinajstić information content (AvgIpc) is 2.70. The Hall–Kier alpha value is -2.82. The third-order valence-corrected chi connectivity index (χ3v) is 5.26. The minimum Gasteiger partial charge on any atom is -0.377 e. The molecule has 0 fully saturated rings. The lowest BCUT2D eigenvalue weighted by Gasteiger charge is -2.33. The first kappa shape index (κ1) is 24.4. The highest BCUT2D eigenvalue weighted by molar-refractivity contribution is 5.91. The maximum atomic E-state index is 13.4. The largest absolute Gasteiger partial charge is 0.377 e. The lowest BCUT2D eigenvalue weighted by atomic mass is 9.91. The van der Waals surface area contributed by atoms with Gasteiger partial charge in [0.1, 0.15) is 0 Å². The Balaban J connectivity index is 2.45. The highest BCUT2D eigenvalue weighted by atomic mass is 16.2. The molecule has 1 atom stereocenters. The number of nitrogens with one attached hydrogen (secondary N) is 1. The van der Waals surface area contributed by atoms with Gasteiger partial charge in [-0.1, -0.05) is 58.0 Å². The summed E-state index contributed by atoms with van der Waals surface area (Å²) in [5, 5.41) is 2.94. The van der Waals surface area contributed by atoms with E-state index >= 15 is 0 Å². The summed E-state index contributed by atoms with van der Waals surface area (Å²) in [7, 11) is 3.98. The van der Waals surface area contributed by atoms with Gasteiger partial charge >= 0.3 is 0 Å². The van der Waals surface area contributed by atoms with Crippen molar-refractivity contribution in [2.24, 2.45) is 5.41 Å². The van der Waals surface area contributed by atoms with Crippen molar-refractivity contribution >= 4 is 23.2 Å². The van der Waals surface area contributed by atoms with Crippen LogP contribution in [0.2, 0.25) is 0 Å². The molecule has 31 heavy (non-hydrogen) atoms. The van der Waals surface area contributed by atoms with Crippen LogP contribution in [-0.2, 0) is 16.1 Å². The fourth-order valence-electron chi connectivity index (χ4n) is 3.57. The van der Waals surface area contributed by atoms with E-state index in [-0.39, 0.29) is 23.3 Å². The highest BCUT2D eigenvalue weighted by Crippen LogP contribution is 2.31. The Labute approximate surface area is 187 Å². The van der Waals surface area contributed by atoms with Gasteiger partial charge in [-0.05, 0) is 41.7 Å². The monoisotopic (exact) mass is 423 g/mol. The Morgan fingerprint density at radius 2 is 1.68 bits per heavy atom. The molecule has 0 unspecified atom stereocenters. The number of rotatable bonds is 8. The summed E-state index contributed by atoms with van der Waals surface area (Å²) in [4.78, 5) is 29.3. The molecule has 0 aromatic heterocycles. The quantitative estimate of drug-likeness (QED) is 0.599. The predicted molar refractivity (Wildman–Crippen MR) is 129 cm³/mol. The molecule has 5 heteroatoms. The number of nitrogens with zero attached hydrogens (tertiary/aromatic N) is 2. The number of carbonyl (C=O) groups is 2. The van der Waals surface area contributed by atoms with Gasteiger partial charge in [0.15, 0.2) is 0 Å². The summed E-state index contributed by atoms with van der Waals surface area (Å²) >= 11 is 0. The van der Waals surface area contributed by atoms with Gasteiger partial charge in [0.05, 0.1) is 6.04 Å². The van der Waals surface area contributed by atoms with E-state index in [1.165, 1.54) is 0 Å². The van der Waals surface area contributed by atoms with Crippen LogP contribution in [0.4, 0.5) is 11.4 Å². The Morgan fingerprint density at radius 3 is 2.23 bits per heavy atom. The van der Waals surface area contributed by atoms with E-state index in [0.717, 1.165) is 22.5 Å². The first-order valence-electron chi connectivity index (χ1n) is 11.0. The van der Waals surface area contributed by atoms with Crippen LogP contribution in [-0.4, -0.2) is 30.8 Å². The molecule has 0 aliphatic carbocycles. The van der Waals surface area contributed by atoms with Crippen molar-refractivity contribution in [3.63, 3.8) is 0 Å². The van der Waals surface area contributed by atoms with E-state index in [0.29, 0.717) is 19.4 Å². The molecule has 0 heterocycles. The Kier molecular flexibility index (Phi) is 8.26.